The van der Waals surface area contributed by atoms with E-state index in [9.17, 15) is 0 Å². The topological polar surface area (TPSA) is 29.3 Å². The van der Waals surface area contributed by atoms with Crippen LogP contribution in [0.2, 0.25) is 0 Å². The second-order valence-electron chi connectivity index (χ2n) is 8.28. The number of nitrogens with zero attached hydrogens (tertiary/aromatic N) is 1. The summed E-state index contributed by atoms with van der Waals surface area (Å²) in [6.07, 6.45) is 11.4. The van der Waals surface area contributed by atoms with Crippen LogP contribution >= 0.6 is 0 Å². The van der Waals surface area contributed by atoms with Crippen LogP contribution in [-0.4, -0.2) is 29.6 Å². The van der Waals surface area contributed by atoms with Crippen LogP contribution in [0, 0.1) is 11.3 Å². The van der Waals surface area contributed by atoms with E-state index in [4.69, 9.17) is 5.73 Å². The predicted octanol–water partition coefficient (Wildman–Crippen LogP) is 4.18. The van der Waals surface area contributed by atoms with Crippen LogP contribution in [0.1, 0.15) is 79.1 Å². The Bertz CT molecular complexity index is 293. The first kappa shape index (κ1) is 16.3. The fourth-order valence-electron chi connectivity index (χ4n) is 4.82. The Hall–Kier alpha value is -0.0800. The van der Waals surface area contributed by atoms with Crippen molar-refractivity contribution in [1.82, 2.24) is 4.90 Å². The Morgan fingerprint density at radius 2 is 1.45 bits per heavy atom. The van der Waals surface area contributed by atoms with E-state index in [1.54, 1.807) is 0 Å². The molecule has 0 aromatic rings. The van der Waals surface area contributed by atoms with Gasteiger partial charge in [0.2, 0.25) is 0 Å². The van der Waals surface area contributed by atoms with Crippen molar-refractivity contribution in [3.8, 4) is 0 Å². The molecule has 20 heavy (non-hydrogen) atoms. The number of hydrogen-bond donors (Lipinski definition) is 1. The van der Waals surface area contributed by atoms with Crippen molar-refractivity contribution in [3.05, 3.63) is 0 Å². The second kappa shape index (κ2) is 6.36. The number of hydrogen-bond acceptors (Lipinski definition) is 2. The zero-order chi connectivity index (χ0) is 14.8. The van der Waals surface area contributed by atoms with Crippen LogP contribution in [0.4, 0.5) is 0 Å². The normalized spacial score (nSPS) is 25.2. The summed E-state index contributed by atoms with van der Waals surface area (Å²) in [7, 11) is 0. The molecular formula is C18H36N2. The summed E-state index contributed by atoms with van der Waals surface area (Å²) in [6, 6.07) is 0.610. The summed E-state index contributed by atoms with van der Waals surface area (Å²) in [6.45, 7) is 11.4. The lowest BCUT2D eigenvalue weighted by Gasteiger charge is -2.52. The van der Waals surface area contributed by atoms with Gasteiger partial charge in [-0.3, -0.25) is 4.90 Å². The van der Waals surface area contributed by atoms with Crippen LogP contribution in [0.5, 0.6) is 0 Å². The minimum atomic E-state index is 0.284. The Morgan fingerprint density at radius 3 is 1.85 bits per heavy atom. The Morgan fingerprint density at radius 1 is 0.900 bits per heavy atom. The minimum absolute atomic E-state index is 0.284. The molecule has 0 aromatic heterocycles. The molecule has 2 nitrogen and oxygen atoms in total. The molecule has 0 amide bonds. The summed E-state index contributed by atoms with van der Waals surface area (Å²) in [5, 5.41) is 0. The predicted molar refractivity (Wildman–Crippen MR) is 87.8 cm³/mol. The van der Waals surface area contributed by atoms with E-state index >= 15 is 0 Å². The number of rotatable bonds is 5. The van der Waals surface area contributed by atoms with Crippen LogP contribution in [-0.2, 0) is 0 Å². The third-order valence-corrected chi connectivity index (χ3v) is 6.08. The zero-order valence-electron chi connectivity index (χ0n) is 14.3. The molecule has 0 unspecified atom stereocenters. The van der Waals surface area contributed by atoms with E-state index < -0.39 is 0 Å². The van der Waals surface area contributed by atoms with Gasteiger partial charge < -0.3 is 5.73 Å². The largest absolute Gasteiger partial charge is 0.329 e. The maximum atomic E-state index is 6.30. The van der Waals surface area contributed by atoms with E-state index in [0.717, 1.165) is 12.5 Å². The monoisotopic (exact) mass is 280 g/mol. The standard InChI is InChI=1S/C18H36N2/c1-15(2)13-20(16(3)4)18(14-19)11-9-17(10-12-18)7-5-6-8-17/h15-16H,5-14,19H2,1-4H3. The van der Waals surface area contributed by atoms with Gasteiger partial charge in [0.15, 0.2) is 0 Å². The molecule has 2 N–H and O–H groups in total. The van der Waals surface area contributed by atoms with Gasteiger partial charge in [-0.05, 0) is 63.7 Å². The van der Waals surface area contributed by atoms with E-state index in [2.05, 4.69) is 32.6 Å². The average Bonchev–Trinajstić information content (AvgIpc) is 2.86. The van der Waals surface area contributed by atoms with E-state index in [1.807, 2.05) is 0 Å². The van der Waals surface area contributed by atoms with Gasteiger partial charge in [-0.1, -0.05) is 26.7 Å². The summed E-state index contributed by atoms with van der Waals surface area (Å²) in [5.74, 6) is 0.725. The molecule has 0 bridgehead atoms. The molecule has 118 valence electrons. The lowest BCUT2D eigenvalue weighted by Crippen LogP contribution is -2.59. The molecule has 0 atom stereocenters. The van der Waals surface area contributed by atoms with Gasteiger partial charge in [0.1, 0.15) is 0 Å². The molecule has 2 aliphatic carbocycles. The highest BCUT2D eigenvalue weighted by atomic mass is 15.2. The van der Waals surface area contributed by atoms with Gasteiger partial charge >= 0.3 is 0 Å². The van der Waals surface area contributed by atoms with Crippen molar-refractivity contribution < 1.29 is 0 Å². The highest BCUT2D eigenvalue weighted by molar-refractivity contribution is 5.02. The molecule has 2 heteroatoms. The fraction of sp³-hybridized carbons (Fsp3) is 1.00. The maximum absolute atomic E-state index is 6.30. The van der Waals surface area contributed by atoms with Crippen molar-refractivity contribution in [2.75, 3.05) is 13.1 Å². The summed E-state index contributed by atoms with van der Waals surface area (Å²) in [5.41, 5.74) is 7.29. The third kappa shape index (κ3) is 3.22. The molecule has 1 spiro atoms. The first-order valence-corrected chi connectivity index (χ1v) is 8.90. The highest BCUT2D eigenvalue weighted by Crippen LogP contribution is 2.52. The highest BCUT2D eigenvalue weighted by Gasteiger charge is 2.46. The lowest BCUT2D eigenvalue weighted by atomic mass is 9.65. The minimum Gasteiger partial charge on any atom is -0.329 e. The molecule has 0 aromatic carbocycles. The van der Waals surface area contributed by atoms with Gasteiger partial charge in [-0.2, -0.15) is 0 Å². The van der Waals surface area contributed by atoms with Crippen molar-refractivity contribution >= 4 is 0 Å². The third-order valence-electron chi connectivity index (χ3n) is 6.08. The van der Waals surface area contributed by atoms with Crippen molar-refractivity contribution in [2.24, 2.45) is 17.1 Å². The zero-order valence-corrected chi connectivity index (χ0v) is 14.3. The first-order valence-electron chi connectivity index (χ1n) is 8.90. The SMILES string of the molecule is CC(C)CN(C(C)C)C1(CN)CCC2(CCCC2)CC1. The lowest BCUT2D eigenvalue weighted by molar-refractivity contribution is -0.0123. The molecule has 2 saturated carbocycles. The van der Waals surface area contributed by atoms with E-state index in [1.165, 1.54) is 57.9 Å². The van der Waals surface area contributed by atoms with Crippen LogP contribution < -0.4 is 5.73 Å². The summed E-state index contributed by atoms with van der Waals surface area (Å²) < 4.78 is 0. The molecule has 2 rings (SSSR count). The molecule has 0 radical (unpaired) electrons. The van der Waals surface area contributed by atoms with E-state index in [-0.39, 0.29) is 5.54 Å². The molecule has 0 heterocycles. The van der Waals surface area contributed by atoms with Gasteiger partial charge in [0.05, 0.1) is 0 Å². The molecule has 2 fully saturated rings. The van der Waals surface area contributed by atoms with Crippen molar-refractivity contribution in [3.63, 3.8) is 0 Å². The van der Waals surface area contributed by atoms with Gasteiger partial charge in [-0.25, -0.2) is 0 Å². The first-order chi connectivity index (χ1) is 9.43. The second-order valence-corrected chi connectivity index (χ2v) is 8.28. The molecule has 0 aliphatic heterocycles. The van der Waals surface area contributed by atoms with E-state index in [0.29, 0.717) is 11.5 Å². The maximum Gasteiger partial charge on any atom is 0.0334 e. The Kier molecular flexibility index (Phi) is 5.18. The average molecular weight is 280 g/mol. The molecule has 2 aliphatic rings. The Labute approximate surface area is 126 Å². The molecular weight excluding hydrogens is 244 g/mol. The smallest absolute Gasteiger partial charge is 0.0334 e. The van der Waals surface area contributed by atoms with Crippen molar-refractivity contribution in [1.29, 1.82) is 0 Å². The quantitative estimate of drug-likeness (QED) is 0.818. The van der Waals surface area contributed by atoms with Crippen LogP contribution in [0.25, 0.3) is 0 Å². The Balaban J connectivity index is 2.09. The van der Waals surface area contributed by atoms with Gasteiger partial charge in [-0.15, -0.1) is 0 Å². The molecule has 0 saturated heterocycles. The van der Waals surface area contributed by atoms with Crippen LogP contribution in [0.15, 0.2) is 0 Å². The summed E-state index contributed by atoms with van der Waals surface area (Å²) >= 11 is 0. The fourth-order valence-corrected chi connectivity index (χ4v) is 4.82. The van der Waals surface area contributed by atoms with Crippen molar-refractivity contribution in [2.45, 2.75) is 90.6 Å². The van der Waals surface area contributed by atoms with Gasteiger partial charge in [0, 0.05) is 24.7 Å². The van der Waals surface area contributed by atoms with Crippen LogP contribution in [0.3, 0.4) is 0 Å². The summed E-state index contributed by atoms with van der Waals surface area (Å²) in [4.78, 5) is 2.74. The number of nitrogens with two attached hydrogens (primary N) is 1. The van der Waals surface area contributed by atoms with Gasteiger partial charge in [0.25, 0.3) is 0 Å².